The molecule has 6 heteroatoms. The molecule has 0 spiro atoms. The standard InChI is InChI=1S/C10H15N3O3/c1-8-4-5-9(13(15)16)10(14)12(8)7-6-11(2)3/h4-5H,6-7H2,1-3H3. The number of nitro groups is 1. The van der Waals surface area contributed by atoms with Crippen LogP contribution in [-0.2, 0) is 6.54 Å². The molecule has 0 aromatic carbocycles. The van der Waals surface area contributed by atoms with E-state index in [4.69, 9.17) is 0 Å². The van der Waals surface area contributed by atoms with Gasteiger partial charge in [-0.2, -0.15) is 0 Å². The van der Waals surface area contributed by atoms with Crippen molar-refractivity contribution in [2.45, 2.75) is 13.5 Å². The molecule has 1 rings (SSSR count). The van der Waals surface area contributed by atoms with Gasteiger partial charge < -0.3 is 9.47 Å². The van der Waals surface area contributed by atoms with Crippen LogP contribution in [0.4, 0.5) is 5.69 Å². The Hall–Kier alpha value is -1.69. The SMILES string of the molecule is Cc1ccc([N+](=O)[O-])c(=O)n1CCN(C)C. The van der Waals surface area contributed by atoms with Crippen LogP contribution in [0, 0.1) is 17.0 Å². The third-order valence-electron chi connectivity index (χ3n) is 2.34. The van der Waals surface area contributed by atoms with E-state index in [0.29, 0.717) is 13.1 Å². The van der Waals surface area contributed by atoms with Crippen LogP contribution >= 0.6 is 0 Å². The predicted octanol–water partition coefficient (Wildman–Crippen LogP) is 0.627. The summed E-state index contributed by atoms with van der Waals surface area (Å²) in [5.74, 6) is 0. The Labute approximate surface area is 93.3 Å². The van der Waals surface area contributed by atoms with Gasteiger partial charge in [0.05, 0.1) is 4.92 Å². The van der Waals surface area contributed by atoms with E-state index in [2.05, 4.69) is 0 Å². The molecule has 0 aliphatic rings. The third-order valence-corrected chi connectivity index (χ3v) is 2.34. The smallest absolute Gasteiger partial charge is 0.308 e. The monoisotopic (exact) mass is 225 g/mol. The zero-order chi connectivity index (χ0) is 12.3. The van der Waals surface area contributed by atoms with E-state index in [9.17, 15) is 14.9 Å². The van der Waals surface area contributed by atoms with Gasteiger partial charge in [-0.3, -0.25) is 14.9 Å². The number of hydrogen-bond acceptors (Lipinski definition) is 4. The third kappa shape index (κ3) is 2.66. The molecule has 0 amide bonds. The summed E-state index contributed by atoms with van der Waals surface area (Å²) >= 11 is 0. The molecule has 16 heavy (non-hydrogen) atoms. The lowest BCUT2D eigenvalue weighted by Gasteiger charge is -2.13. The Balaban J connectivity index is 3.12. The Morgan fingerprint density at radius 1 is 1.44 bits per heavy atom. The van der Waals surface area contributed by atoms with E-state index >= 15 is 0 Å². The van der Waals surface area contributed by atoms with Gasteiger partial charge in [-0.25, -0.2) is 0 Å². The molecule has 0 N–H and O–H groups in total. The lowest BCUT2D eigenvalue weighted by Crippen LogP contribution is -2.29. The number of rotatable bonds is 4. The molecule has 0 saturated carbocycles. The average molecular weight is 225 g/mol. The van der Waals surface area contributed by atoms with Crippen LogP contribution < -0.4 is 5.56 Å². The molecule has 0 bridgehead atoms. The van der Waals surface area contributed by atoms with Gasteiger partial charge in [-0.1, -0.05) is 0 Å². The van der Waals surface area contributed by atoms with Crippen LogP contribution in [0.3, 0.4) is 0 Å². The fourth-order valence-electron chi connectivity index (χ4n) is 1.38. The molecule has 0 aliphatic carbocycles. The fraction of sp³-hybridized carbons (Fsp3) is 0.500. The molecule has 0 fully saturated rings. The van der Waals surface area contributed by atoms with E-state index in [1.54, 1.807) is 13.0 Å². The molecule has 1 aromatic heterocycles. The van der Waals surface area contributed by atoms with Crippen molar-refractivity contribution in [3.63, 3.8) is 0 Å². The Kier molecular flexibility index (Phi) is 3.78. The molecule has 1 aromatic rings. The van der Waals surface area contributed by atoms with Crippen LogP contribution in [0.2, 0.25) is 0 Å². The fourth-order valence-corrected chi connectivity index (χ4v) is 1.38. The van der Waals surface area contributed by atoms with Gasteiger partial charge in [-0.05, 0) is 27.1 Å². The van der Waals surface area contributed by atoms with Crippen LogP contribution in [0.1, 0.15) is 5.69 Å². The zero-order valence-electron chi connectivity index (χ0n) is 9.64. The highest BCUT2D eigenvalue weighted by atomic mass is 16.6. The summed E-state index contributed by atoms with van der Waals surface area (Å²) in [6.45, 7) is 2.89. The second-order valence-electron chi connectivity index (χ2n) is 3.88. The second kappa shape index (κ2) is 4.89. The highest BCUT2D eigenvalue weighted by Gasteiger charge is 2.15. The van der Waals surface area contributed by atoms with Gasteiger partial charge in [0.2, 0.25) is 0 Å². The van der Waals surface area contributed by atoms with Crippen molar-refractivity contribution in [2.24, 2.45) is 0 Å². The summed E-state index contributed by atoms with van der Waals surface area (Å²) in [7, 11) is 3.77. The number of likely N-dealkylation sites (N-methyl/N-ethyl adjacent to an activating group) is 1. The number of aromatic nitrogens is 1. The van der Waals surface area contributed by atoms with E-state index in [1.807, 2.05) is 19.0 Å². The Morgan fingerprint density at radius 3 is 2.56 bits per heavy atom. The number of pyridine rings is 1. The molecule has 0 unspecified atom stereocenters. The van der Waals surface area contributed by atoms with E-state index in [0.717, 1.165) is 5.69 Å². The minimum absolute atomic E-state index is 0.371. The van der Waals surface area contributed by atoms with Gasteiger partial charge in [0.15, 0.2) is 0 Å². The topological polar surface area (TPSA) is 68.4 Å². The highest BCUT2D eigenvalue weighted by molar-refractivity contribution is 5.27. The van der Waals surface area contributed by atoms with Crippen LogP contribution in [0.25, 0.3) is 0 Å². The summed E-state index contributed by atoms with van der Waals surface area (Å²) in [4.78, 5) is 23.6. The van der Waals surface area contributed by atoms with Crippen molar-refractivity contribution in [3.8, 4) is 0 Å². The van der Waals surface area contributed by atoms with Crippen molar-refractivity contribution in [1.29, 1.82) is 0 Å². The predicted molar refractivity (Wildman–Crippen MR) is 60.6 cm³/mol. The van der Waals surface area contributed by atoms with Gasteiger partial charge in [0, 0.05) is 24.8 Å². The minimum Gasteiger partial charge on any atom is -0.308 e. The lowest BCUT2D eigenvalue weighted by atomic mass is 10.3. The van der Waals surface area contributed by atoms with Gasteiger partial charge in [0.1, 0.15) is 0 Å². The number of nitrogens with zero attached hydrogens (tertiary/aromatic N) is 3. The maximum absolute atomic E-state index is 11.7. The summed E-state index contributed by atoms with van der Waals surface area (Å²) in [5.41, 5.74) is -0.173. The van der Waals surface area contributed by atoms with Crippen molar-refractivity contribution in [1.82, 2.24) is 9.47 Å². The average Bonchev–Trinajstić information content (AvgIpc) is 2.16. The molecule has 0 atom stereocenters. The van der Waals surface area contributed by atoms with Gasteiger partial charge in [0.25, 0.3) is 0 Å². The minimum atomic E-state index is -0.645. The van der Waals surface area contributed by atoms with Crippen molar-refractivity contribution < 1.29 is 4.92 Å². The van der Waals surface area contributed by atoms with Crippen LogP contribution in [0.15, 0.2) is 16.9 Å². The molecule has 1 heterocycles. The number of hydrogen-bond donors (Lipinski definition) is 0. The van der Waals surface area contributed by atoms with E-state index in [-0.39, 0.29) is 5.69 Å². The summed E-state index contributed by atoms with van der Waals surface area (Å²) in [6.07, 6.45) is 0. The van der Waals surface area contributed by atoms with Crippen LogP contribution in [-0.4, -0.2) is 35.0 Å². The zero-order valence-corrected chi connectivity index (χ0v) is 9.64. The molecular weight excluding hydrogens is 210 g/mol. The first-order valence-corrected chi connectivity index (χ1v) is 4.93. The maximum atomic E-state index is 11.7. The first-order chi connectivity index (χ1) is 7.43. The van der Waals surface area contributed by atoms with Crippen molar-refractivity contribution >= 4 is 5.69 Å². The molecule has 6 nitrogen and oxygen atoms in total. The largest absolute Gasteiger partial charge is 0.334 e. The first-order valence-electron chi connectivity index (χ1n) is 4.93. The van der Waals surface area contributed by atoms with E-state index in [1.165, 1.54) is 10.6 Å². The molecule has 88 valence electrons. The Morgan fingerprint density at radius 2 is 2.06 bits per heavy atom. The van der Waals surface area contributed by atoms with Crippen molar-refractivity contribution in [3.05, 3.63) is 38.3 Å². The Bertz CT molecular complexity index is 451. The van der Waals surface area contributed by atoms with Crippen molar-refractivity contribution in [2.75, 3.05) is 20.6 Å². The summed E-state index contributed by atoms with van der Waals surface area (Å²) < 4.78 is 1.43. The maximum Gasteiger partial charge on any atom is 0.334 e. The summed E-state index contributed by atoms with van der Waals surface area (Å²) in [6, 6.07) is 2.85. The quantitative estimate of drug-likeness (QED) is 0.556. The van der Waals surface area contributed by atoms with Gasteiger partial charge in [-0.15, -0.1) is 0 Å². The van der Waals surface area contributed by atoms with E-state index < -0.39 is 10.5 Å². The normalized spacial score (nSPS) is 10.8. The molecule has 0 aliphatic heterocycles. The lowest BCUT2D eigenvalue weighted by molar-refractivity contribution is -0.386. The molecule has 0 saturated heterocycles. The molecule has 0 radical (unpaired) electrons. The van der Waals surface area contributed by atoms with Crippen LogP contribution in [0.5, 0.6) is 0 Å². The van der Waals surface area contributed by atoms with Gasteiger partial charge >= 0.3 is 11.2 Å². The first kappa shape index (κ1) is 12.4. The summed E-state index contributed by atoms with van der Waals surface area (Å²) in [5, 5.41) is 10.6. The molecular formula is C10H15N3O3. The highest BCUT2D eigenvalue weighted by Crippen LogP contribution is 2.05. The second-order valence-corrected chi connectivity index (χ2v) is 3.88. The number of aryl methyl sites for hydroxylation is 1.